The number of ether oxygens (including phenoxy) is 2. The van der Waals surface area contributed by atoms with E-state index in [9.17, 15) is 0 Å². The molecule has 0 N–H and O–H groups in total. The fourth-order valence-electron chi connectivity index (χ4n) is 1.67. The molecular formula is C11H10BrNO2. The van der Waals surface area contributed by atoms with Crippen molar-refractivity contribution in [3.05, 3.63) is 21.7 Å². The van der Waals surface area contributed by atoms with Crippen LogP contribution in [-0.2, 0) is 6.42 Å². The van der Waals surface area contributed by atoms with Gasteiger partial charge in [0.25, 0.3) is 0 Å². The molecule has 0 amide bonds. The molecular weight excluding hydrogens is 258 g/mol. The van der Waals surface area contributed by atoms with Crippen LogP contribution in [-0.4, -0.2) is 13.2 Å². The predicted octanol–water partition coefficient (Wildman–Crippen LogP) is 2.65. The van der Waals surface area contributed by atoms with Gasteiger partial charge in [-0.1, -0.05) is 6.92 Å². The van der Waals surface area contributed by atoms with Crippen LogP contribution in [0, 0.1) is 11.3 Å². The summed E-state index contributed by atoms with van der Waals surface area (Å²) in [5.74, 6) is 1.44. The molecule has 3 nitrogen and oxygen atoms in total. The molecule has 1 aromatic carbocycles. The van der Waals surface area contributed by atoms with Crippen LogP contribution in [0.3, 0.4) is 0 Å². The Balaban J connectivity index is 2.66. The summed E-state index contributed by atoms with van der Waals surface area (Å²) in [4.78, 5) is 0. The lowest BCUT2D eigenvalue weighted by Gasteiger charge is -2.22. The van der Waals surface area contributed by atoms with Gasteiger partial charge in [-0.25, -0.2) is 0 Å². The van der Waals surface area contributed by atoms with Gasteiger partial charge in [-0.2, -0.15) is 5.26 Å². The first-order chi connectivity index (χ1) is 7.27. The Bertz CT molecular complexity index is 437. The van der Waals surface area contributed by atoms with E-state index in [0.717, 1.165) is 28.0 Å². The molecule has 0 spiro atoms. The standard InChI is InChI=1S/C11H10BrNO2/c1-2-8-7(6-13)5-9(12)11-10(8)14-3-4-15-11/h5H,2-4H2,1H3. The molecule has 1 heterocycles. The van der Waals surface area contributed by atoms with Crippen LogP contribution >= 0.6 is 15.9 Å². The highest BCUT2D eigenvalue weighted by Gasteiger charge is 2.21. The largest absolute Gasteiger partial charge is 0.486 e. The van der Waals surface area contributed by atoms with E-state index in [1.807, 2.05) is 6.92 Å². The Morgan fingerprint density at radius 3 is 2.67 bits per heavy atom. The molecule has 0 saturated carbocycles. The minimum atomic E-state index is 0.543. The highest BCUT2D eigenvalue weighted by Crippen LogP contribution is 2.42. The maximum Gasteiger partial charge on any atom is 0.175 e. The van der Waals surface area contributed by atoms with E-state index in [4.69, 9.17) is 14.7 Å². The van der Waals surface area contributed by atoms with Gasteiger partial charge in [0.2, 0.25) is 0 Å². The summed E-state index contributed by atoms with van der Waals surface area (Å²) < 4.78 is 11.9. The monoisotopic (exact) mass is 267 g/mol. The third kappa shape index (κ3) is 1.68. The Hall–Kier alpha value is -1.21. The van der Waals surface area contributed by atoms with Crippen LogP contribution in [0.4, 0.5) is 0 Å². The number of hydrogen-bond acceptors (Lipinski definition) is 3. The lowest BCUT2D eigenvalue weighted by Crippen LogP contribution is -2.17. The van der Waals surface area contributed by atoms with Gasteiger partial charge in [0, 0.05) is 5.56 Å². The molecule has 0 aromatic heterocycles. The van der Waals surface area contributed by atoms with E-state index < -0.39 is 0 Å². The van der Waals surface area contributed by atoms with E-state index in [-0.39, 0.29) is 0 Å². The summed E-state index contributed by atoms with van der Waals surface area (Å²) in [6.45, 7) is 3.10. The third-order valence-corrected chi connectivity index (χ3v) is 2.93. The van der Waals surface area contributed by atoms with Gasteiger partial charge in [-0.3, -0.25) is 0 Å². The Morgan fingerprint density at radius 2 is 2.07 bits per heavy atom. The van der Waals surface area contributed by atoms with Gasteiger partial charge in [0.05, 0.1) is 16.1 Å². The molecule has 0 saturated heterocycles. The number of benzene rings is 1. The normalized spacial score (nSPS) is 13.4. The molecule has 0 atom stereocenters. The van der Waals surface area contributed by atoms with Gasteiger partial charge in [0.1, 0.15) is 13.2 Å². The number of hydrogen-bond donors (Lipinski definition) is 0. The summed E-state index contributed by atoms with van der Waals surface area (Å²) in [5, 5.41) is 9.01. The Kier molecular flexibility index (Phi) is 2.83. The second-order valence-corrected chi connectivity index (χ2v) is 4.06. The molecule has 15 heavy (non-hydrogen) atoms. The van der Waals surface area contributed by atoms with Crippen LogP contribution in [0.25, 0.3) is 0 Å². The smallest absolute Gasteiger partial charge is 0.175 e. The maximum atomic E-state index is 9.01. The fraction of sp³-hybridized carbons (Fsp3) is 0.364. The molecule has 0 bridgehead atoms. The van der Waals surface area contributed by atoms with E-state index in [1.165, 1.54) is 0 Å². The maximum absolute atomic E-state index is 9.01. The van der Waals surface area contributed by atoms with Crippen molar-refractivity contribution in [2.75, 3.05) is 13.2 Å². The lowest BCUT2D eigenvalue weighted by atomic mass is 10.0. The molecule has 4 heteroatoms. The van der Waals surface area contributed by atoms with E-state index >= 15 is 0 Å². The summed E-state index contributed by atoms with van der Waals surface area (Å²) in [5.41, 5.74) is 1.57. The Morgan fingerprint density at radius 1 is 1.40 bits per heavy atom. The van der Waals surface area contributed by atoms with Crippen molar-refractivity contribution in [1.82, 2.24) is 0 Å². The Labute approximate surface area is 96.7 Å². The van der Waals surface area contributed by atoms with Crippen molar-refractivity contribution in [3.63, 3.8) is 0 Å². The van der Waals surface area contributed by atoms with Gasteiger partial charge in [-0.05, 0) is 28.4 Å². The van der Waals surface area contributed by atoms with Crippen molar-refractivity contribution in [3.8, 4) is 17.6 Å². The molecule has 1 aliphatic heterocycles. The van der Waals surface area contributed by atoms with Crippen LogP contribution in [0.15, 0.2) is 10.5 Å². The van der Waals surface area contributed by atoms with Crippen molar-refractivity contribution < 1.29 is 9.47 Å². The highest BCUT2D eigenvalue weighted by molar-refractivity contribution is 9.10. The summed E-state index contributed by atoms with van der Waals surface area (Å²) in [7, 11) is 0. The zero-order chi connectivity index (χ0) is 10.8. The molecule has 0 aliphatic carbocycles. The molecule has 1 aromatic rings. The van der Waals surface area contributed by atoms with Gasteiger partial charge >= 0.3 is 0 Å². The van der Waals surface area contributed by atoms with Crippen molar-refractivity contribution in [2.45, 2.75) is 13.3 Å². The molecule has 1 aliphatic rings. The molecule has 78 valence electrons. The summed E-state index contributed by atoms with van der Waals surface area (Å²) >= 11 is 3.38. The average molecular weight is 268 g/mol. The van der Waals surface area contributed by atoms with E-state index in [0.29, 0.717) is 18.8 Å². The van der Waals surface area contributed by atoms with Crippen molar-refractivity contribution >= 4 is 15.9 Å². The first-order valence-electron chi connectivity index (χ1n) is 4.79. The predicted molar refractivity (Wildman–Crippen MR) is 59.2 cm³/mol. The molecule has 0 fully saturated rings. The van der Waals surface area contributed by atoms with Crippen LogP contribution in [0.5, 0.6) is 11.5 Å². The lowest BCUT2D eigenvalue weighted by molar-refractivity contribution is 0.169. The molecule has 2 rings (SSSR count). The third-order valence-electron chi connectivity index (χ3n) is 2.34. The molecule has 0 radical (unpaired) electrons. The van der Waals surface area contributed by atoms with Gasteiger partial charge in [-0.15, -0.1) is 0 Å². The van der Waals surface area contributed by atoms with Crippen LogP contribution in [0.2, 0.25) is 0 Å². The quantitative estimate of drug-likeness (QED) is 0.786. The fourth-order valence-corrected chi connectivity index (χ4v) is 2.20. The van der Waals surface area contributed by atoms with Crippen LogP contribution < -0.4 is 9.47 Å². The van der Waals surface area contributed by atoms with Crippen LogP contribution in [0.1, 0.15) is 18.1 Å². The minimum Gasteiger partial charge on any atom is -0.486 e. The number of nitriles is 1. The topological polar surface area (TPSA) is 42.2 Å². The summed E-state index contributed by atoms with van der Waals surface area (Å²) in [6.07, 6.45) is 0.766. The molecule has 0 unspecified atom stereocenters. The van der Waals surface area contributed by atoms with E-state index in [2.05, 4.69) is 22.0 Å². The van der Waals surface area contributed by atoms with Crippen molar-refractivity contribution in [2.24, 2.45) is 0 Å². The second kappa shape index (κ2) is 4.11. The van der Waals surface area contributed by atoms with E-state index in [1.54, 1.807) is 6.07 Å². The summed E-state index contributed by atoms with van der Waals surface area (Å²) in [6, 6.07) is 3.96. The number of fused-ring (bicyclic) bond motifs is 1. The zero-order valence-corrected chi connectivity index (χ0v) is 9.93. The highest BCUT2D eigenvalue weighted by atomic mass is 79.9. The first kappa shape index (κ1) is 10.3. The zero-order valence-electron chi connectivity index (χ0n) is 8.34. The number of halogens is 1. The average Bonchev–Trinajstić information content (AvgIpc) is 2.29. The van der Waals surface area contributed by atoms with Gasteiger partial charge < -0.3 is 9.47 Å². The number of nitrogens with zero attached hydrogens (tertiary/aromatic N) is 1. The number of rotatable bonds is 1. The SMILES string of the molecule is CCc1c(C#N)cc(Br)c2c1OCCO2. The van der Waals surface area contributed by atoms with Crippen molar-refractivity contribution in [1.29, 1.82) is 5.26 Å². The first-order valence-corrected chi connectivity index (χ1v) is 5.58. The minimum absolute atomic E-state index is 0.543. The second-order valence-electron chi connectivity index (χ2n) is 3.21. The van der Waals surface area contributed by atoms with Gasteiger partial charge in [0.15, 0.2) is 11.5 Å².